The van der Waals surface area contributed by atoms with E-state index >= 15 is 0 Å². The van der Waals surface area contributed by atoms with Gasteiger partial charge in [0.05, 0.1) is 5.60 Å². The molecular weight excluding hydrogens is 214 g/mol. The highest BCUT2D eigenvalue weighted by Crippen LogP contribution is 2.28. The van der Waals surface area contributed by atoms with Crippen molar-refractivity contribution in [1.82, 2.24) is 5.06 Å². The summed E-state index contributed by atoms with van der Waals surface area (Å²) >= 11 is 0. The molecule has 0 bridgehead atoms. The summed E-state index contributed by atoms with van der Waals surface area (Å²) < 4.78 is 5.72. The smallest absolute Gasteiger partial charge is 0.0598 e. The summed E-state index contributed by atoms with van der Waals surface area (Å²) in [6, 6.07) is 0. The topological polar surface area (TPSA) is 32.7 Å². The molecule has 0 spiro atoms. The monoisotopic (exact) mass is 245 g/mol. The van der Waals surface area contributed by atoms with Crippen LogP contribution in [0.4, 0.5) is 0 Å². The molecule has 3 nitrogen and oxygen atoms in total. The normalized spacial score (nSPS) is 14.5. The molecule has 0 radical (unpaired) electrons. The van der Waals surface area contributed by atoms with Crippen molar-refractivity contribution >= 4 is 0 Å². The van der Waals surface area contributed by atoms with Gasteiger partial charge < -0.3 is 9.94 Å². The fourth-order valence-corrected chi connectivity index (χ4v) is 1.68. The Bertz CT molecular complexity index is 229. The highest BCUT2D eigenvalue weighted by atomic mass is 16.5. The van der Waals surface area contributed by atoms with E-state index in [0.717, 1.165) is 12.8 Å². The summed E-state index contributed by atoms with van der Waals surface area (Å²) in [6.45, 7) is 17.1. The Balaban J connectivity index is 4.38. The number of rotatable bonds is 6. The quantitative estimate of drug-likeness (QED) is 0.721. The van der Waals surface area contributed by atoms with Crippen LogP contribution in [-0.4, -0.2) is 33.6 Å². The van der Waals surface area contributed by atoms with Crippen LogP contribution in [0.2, 0.25) is 0 Å². The van der Waals surface area contributed by atoms with E-state index in [4.69, 9.17) is 4.74 Å². The van der Waals surface area contributed by atoms with Crippen LogP contribution in [0.3, 0.4) is 0 Å². The lowest BCUT2D eigenvalue weighted by molar-refractivity contribution is -0.229. The first-order chi connectivity index (χ1) is 7.42. The first-order valence-corrected chi connectivity index (χ1v) is 6.55. The minimum Gasteiger partial charge on any atom is -0.376 e. The van der Waals surface area contributed by atoms with Gasteiger partial charge in [0.1, 0.15) is 0 Å². The Morgan fingerprint density at radius 2 is 1.41 bits per heavy atom. The van der Waals surface area contributed by atoms with Crippen molar-refractivity contribution in [2.24, 2.45) is 0 Å². The molecule has 0 aliphatic heterocycles. The van der Waals surface area contributed by atoms with E-state index in [2.05, 4.69) is 34.6 Å². The van der Waals surface area contributed by atoms with Gasteiger partial charge in [-0.1, -0.05) is 6.92 Å². The maximum Gasteiger partial charge on any atom is 0.0598 e. The molecule has 0 heterocycles. The zero-order valence-electron chi connectivity index (χ0n) is 12.9. The SMILES string of the molecule is CCC(C)(C)N(O)C(C)(C)CCOC(C)(C)C. The summed E-state index contributed by atoms with van der Waals surface area (Å²) in [7, 11) is 0. The second kappa shape index (κ2) is 5.68. The molecule has 0 rings (SSSR count). The number of nitrogens with zero attached hydrogens (tertiary/aromatic N) is 1. The Morgan fingerprint density at radius 1 is 0.941 bits per heavy atom. The largest absolute Gasteiger partial charge is 0.376 e. The first-order valence-electron chi connectivity index (χ1n) is 6.55. The van der Waals surface area contributed by atoms with Crippen molar-refractivity contribution in [3.63, 3.8) is 0 Å². The molecule has 0 aliphatic carbocycles. The molecule has 0 aromatic rings. The Morgan fingerprint density at radius 3 is 1.76 bits per heavy atom. The van der Waals surface area contributed by atoms with Crippen molar-refractivity contribution < 1.29 is 9.94 Å². The van der Waals surface area contributed by atoms with Crippen LogP contribution >= 0.6 is 0 Å². The number of hydroxylamine groups is 2. The number of ether oxygens (including phenoxy) is 1. The van der Waals surface area contributed by atoms with Crippen molar-refractivity contribution in [3.05, 3.63) is 0 Å². The molecule has 0 aliphatic rings. The maximum absolute atomic E-state index is 10.3. The molecule has 0 saturated heterocycles. The lowest BCUT2D eigenvalue weighted by Crippen LogP contribution is -2.53. The second-order valence-corrected chi connectivity index (χ2v) is 7.00. The van der Waals surface area contributed by atoms with Crippen molar-refractivity contribution in [2.45, 2.75) is 84.9 Å². The Kier molecular flexibility index (Phi) is 5.64. The third-order valence-corrected chi connectivity index (χ3v) is 3.26. The van der Waals surface area contributed by atoms with Crippen molar-refractivity contribution in [1.29, 1.82) is 0 Å². The van der Waals surface area contributed by atoms with Crippen LogP contribution in [0.15, 0.2) is 0 Å². The molecule has 17 heavy (non-hydrogen) atoms. The van der Waals surface area contributed by atoms with Gasteiger partial charge >= 0.3 is 0 Å². The molecule has 0 aromatic heterocycles. The van der Waals surface area contributed by atoms with Crippen LogP contribution in [0.25, 0.3) is 0 Å². The molecule has 0 saturated carbocycles. The van der Waals surface area contributed by atoms with Crippen molar-refractivity contribution in [3.8, 4) is 0 Å². The molecule has 0 aromatic carbocycles. The van der Waals surface area contributed by atoms with E-state index in [1.165, 1.54) is 5.06 Å². The second-order valence-electron chi connectivity index (χ2n) is 7.00. The third kappa shape index (κ3) is 5.84. The highest BCUT2D eigenvalue weighted by molar-refractivity contribution is 4.86. The minimum absolute atomic E-state index is 0.114. The van der Waals surface area contributed by atoms with Gasteiger partial charge in [-0.05, 0) is 61.3 Å². The third-order valence-electron chi connectivity index (χ3n) is 3.26. The molecule has 0 unspecified atom stereocenters. The van der Waals surface area contributed by atoms with E-state index < -0.39 is 0 Å². The van der Waals surface area contributed by atoms with Crippen molar-refractivity contribution in [2.75, 3.05) is 6.61 Å². The zero-order chi connectivity index (χ0) is 13.9. The van der Waals surface area contributed by atoms with Crippen LogP contribution in [0.1, 0.15) is 68.2 Å². The van der Waals surface area contributed by atoms with Gasteiger partial charge in [-0.2, -0.15) is 5.06 Å². The van der Waals surface area contributed by atoms with Gasteiger partial charge in [-0.3, -0.25) is 0 Å². The predicted molar refractivity (Wildman–Crippen MR) is 72.4 cm³/mol. The molecule has 0 fully saturated rings. The van der Waals surface area contributed by atoms with Gasteiger partial charge in [-0.15, -0.1) is 0 Å². The van der Waals surface area contributed by atoms with Gasteiger partial charge in [0, 0.05) is 17.7 Å². The van der Waals surface area contributed by atoms with E-state index in [9.17, 15) is 5.21 Å². The molecular formula is C14H31NO2. The Labute approximate surface area is 107 Å². The summed E-state index contributed by atoms with van der Waals surface area (Å²) in [6.07, 6.45) is 1.72. The van der Waals surface area contributed by atoms with Gasteiger partial charge in [0.25, 0.3) is 0 Å². The van der Waals surface area contributed by atoms with Gasteiger partial charge in [-0.25, -0.2) is 0 Å². The fourth-order valence-electron chi connectivity index (χ4n) is 1.68. The average Bonchev–Trinajstić information content (AvgIpc) is 2.14. The molecule has 1 N–H and O–H groups in total. The summed E-state index contributed by atoms with van der Waals surface area (Å²) in [5, 5.41) is 11.8. The average molecular weight is 245 g/mol. The lowest BCUT2D eigenvalue weighted by Gasteiger charge is -2.44. The van der Waals surface area contributed by atoms with Gasteiger partial charge in [0.2, 0.25) is 0 Å². The molecule has 0 atom stereocenters. The van der Waals surface area contributed by atoms with E-state index in [1.54, 1.807) is 0 Å². The lowest BCUT2D eigenvalue weighted by atomic mass is 9.92. The molecule has 0 amide bonds. The number of hydrogen-bond acceptors (Lipinski definition) is 3. The first kappa shape index (κ1) is 16.9. The van der Waals surface area contributed by atoms with E-state index in [1.807, 2.05) is 20.8 Å². The predicted octanol–water partition coefficient (Wildman–Crippen LogP) is 3.85. The van der Waals surface area contributed by atoms with Crippen LogP contribution < -0.4 is 0 Å². The highest BCUT2D eigenvalue weighted by Gasteiger charge is 2.35. The number of hydrogen-bond donors (Lipinski definition) is 1. The van der Waals surface area contributed by atoms with Gasteiger partial charge in [0.15, 0.2) is 0 Å². The van der Waals surface area contributed by atoms with E-state index in [0.29, 0.717) is 6.61 Å². The molecule has 3 heteroatoms. The Hall–Kier alpha value is -0.120. The van der Waals surface area contributed by atoms with E-state index in [-0.39, 0.29) is 16.7 Å². The summed E-state index contributed by atoms with van der Waals surface area (Å²) in [5.74, 6) is 0. The zero-order valence-corrected chi connectivity index (χ0v) is 12.9. The van der Waals surface area contributed by atoms with Crippen LogP contribution in [-0.2, 0) is 4.74 Å². The van der Waals surface area contributed by atoms with Crippen LogP contribution in [0.5, 0.6) is 0 Å². The van der Waals surface area contributed by atoms with Crippen LogP contribution in [0, 0.1) is 0 Å². The molecule has 104 valence electrons. The summed E-state index contributed by atoms with van der Waals surface area (Å²) in [4.78, 5) is 0. The summed E-state index contributed by atoms with van der Waals surface area (Å²) in [5.41, 5.74) is -0.591. The standard InChI is InChI=1S/C14H31NO2/c1-9-13(5,6)15(16)14(7,8)10-11-17-12(2,3)4/h16H,9-11H2,1-8H3. The fraction of sp³-hybridized carbons (Fsp3) is 1.00. The maximum atomic E-state index is 10.3. The minimum atomic E-state index is -0.273.